The summed E-state index contributed by atoms with van der Waals surface area (Å²) in [4.78, 5) is 13.2. The lowest BCUT2D eigenvalue weighted by molar-refractivity contribution is 0.211. The Morgan fingerprint density at radius 2 is 1.94 bits per heavy atom. The smallest absolute Gasteiger partial charge is 0.225 e. The molecular formula is C24H32FN5O3. The third-order valence-electron chi connectivity index (χ3n) is 5.54. The molecule has 0 aliphatic heterocycles. The molecule has 2 aromatic heterocycles. The van der Waals surface area contributed by atoms with E-state index in [1.165, 1.54) is 6.07 Å². The number of ether oxygens (including phenoxy) is 2. The summed E-state index contributed by atoms with van der Waals surface area (Å²) in [5, 5.41) is 16.6. The summed E-state index contributed by atoms with van der Waals surface area (Å²) in [5.41, 5.74) is 1.10. The minimum atomic E-state index is -0.594. The number of hydrogen-bond donors (Lipinski definition) is 3. The minimum Gasteiger partial charge on any atom is -0.497 e. The van der Waals surface area contributed by atoms with Crippen molar-refractivity contribution in [2.24, 2.45) is 0 Å². The van der Waals surface area contributed by atoms with Gasteiger partial charge in [0.2, 0.25) is 5.95 Å². The topological polar surface area (TPSA) is 101 Å². The lowest BCUT2D eigenvalue weighted by atomic mass is 9.95. The highest BCUT2D eigenvalue weighted by atomic mass is 19.1. The molecule has 3 aromatic rings. The van der Waals surface area contributed by atoms with Crippen LogP contribution in [-0.4, -0.2) is 46.4 Å². The number of nitrogens with zero attached hydrogens (tertiary/aromatic N) is 3. The molecule has 1 aromatic carbocycles. The van der Waals surface area contributed by atoms with E-state index in [2.05, 4.69) is 32.5 Å². The molecule has 0 bridgehead atoms. The molecule has 0 aliphatic carbocycles. The molecule has 2 heterocycles. The summed E-state index contributed by atoms with van der Waals surface area (Å²) in [6.45, 7) is 4.38. The number of unbranched alkanes of at least 4 members (excludes halogenated alkanes) is 2. The van der Waals surface area contributed by atoms with E-state index < -0.39 is 11.4 Å². The zero-order valence-electron chi connectivity index (χ0n) is 19.6. The third-order valence-corrected chi connectivity index (χ3v) is 5.54. The zero-order valence-corrected chi connectivity index (χ0v) is 19.6. The fourth-order valence-corrected chi connectivity index (χ4v) is 3.56. The number of hydrogen-bond acceptors (Lipinski definition) is 8. The molecule has 9 heteroatoms. The van der Waals surface area contributed by atoms with Crippen molar-refractivity contribution in [3.63, 3.8) is 0 Å². The molecule has 3 rings (SSSR count). The van der Waals surface area contributed by atoms with E-state index in [4.69, 9.17) is 9.47 Å². The molecule has 0 aliphatic rings. The fraction of sp³-hybridized carbons (Fsp3) is 0.458. The number of pyridine rings is 1. The normalized spacial score (nSPS) is 12.9. The summed E-state index contributed by atoms with van der Waals surface area (Å²) in [6, 6.07) is 6.86. The van der Waals surface area contributed by atoms with Crippen LogP contribution >= 0.6 is 0 Å². The molecule has 0 radical (unpaired) electrons. The standard InChI is InChI=1S/C24H32FN5O3/c1-5-6-7-10-24(2,15-31)30-22-21-19(11-17(25)14-26-21)28-23(29-22)27-13-16-8-9-18(32-3)12-20(16)33-4/h8-9,11-12,14,31H,5-7,10,13,15H2,1-4H3,(H2,27,28,29,30). The van der Waals surface area contributed by atoms with Gasteiger partial charge < -0.3 is 25.2 Å². The van der Waals surface area contributed by atoms with Crippen LogP contribution in [0.25, 0.3) is 11.0 Å². The van der Waals surface area contributed by atoms with Gasteiger partial charge in [-0.2, -0.15) is 4.98 Å². The number of aromatic nitrogens is 3. The Labute approximate surface area is 193 Å². The van der Waals surface area contributed by atoms with Crippen molar-refractivity contribution in [3.05, 3.63) is 41.8 Å². The maximum absolute atomic E-state index is 13.9. The van der Waals surface area contributed by atoms with Gasteiger partial charge in [0, 0.05) is 24.2 Å². The molecule has 1 atom stereocenters. The number of aliphatic hydroxyl groups excluding tert-OH is 1. The van der Waals surface area contributed by atoms with E-state index in [0.29, 0.717) is 40.8 Å². The van der Waals surface area contributed by atoms with Gasteiger partial charge in [0.1, 0.15) is 22.8 Å². The highest BCUT2D eigenvalue weighted by molar-refractivity contribution is 5.86. The Hall–Kier alpha value is -3.20. The number of anilines is 2. The maximum Gasteiger partial charge on any atom is 0.225 e. The van der Waals surface area contributed by atoms with E-state index in [1.807, 2.05) is 19.1 Å². The molecule has 33 heavy (non-hydrogen) atoms. The van der Waals surface area contributed by atoms with Crippen molar-refractivity contribution < 1.29 is 19.0 Å². The Kier molecular flexibility index (Phi) is 8.21. The Bertz CT molecular complexity index is 1080. The predicted molar refractivity (Wildman–Crippen MR) is 127 cm³/mol. The second kappa shape index (κ2) is 11.1. The summed E-state index contributed by atoms with van der Waals surface area (Å²) in [6.07, 6.45) is 5.02. The van der Waals surface area contributed by atoms with Crippen LogP contribution in [0.2, 0.25) is 0 Å². The first kappa shape index (κ1) is 24.4. The summed E-state index contributed by atoms with van der Waals surface area (Å²) >= 11 is 0. The number of nitrogens with one attached hydrogen (secondary N) is 2. The van der Waals surface area contributed by atoms with Crippen LogP contribution in [0.1, 0.15) is 45.1 Å². The van der Waals surface area contributed by atoms with Gasteiger partial charge in [-0.05, 0) is 25.5 Å². The maximum atomic E-state index is 13.9. The van der Waals surface area contributed by atoms with Gasteiger partial charge in [0.15, 0.2) is 5.82 Å². The number of aliphatic hydroxyl groups is 1. The second-order valence-corrected chi connectivity index (χ2v) is 8.25. The van der Waals surface area contributed by atoms with Crippen molar-refractivity contribution in [1.82, 2.24) is 15.0 Å². The highest BCUT2D eigenvalue weighted by Gasteiger charge is 2.25. The average molecular weight is 458 g/mol. The van der Waals surface area contributed by atoms with E-state index in [0.717, 1.165) is 37.4 Å². The van der Waals surface area contributed by atoms with E-state index in [-0.39, 0.29) is 6.61 Å². The quantitative estimate of drug-likeness (QED) is 0.341. The molecule has 0 fully saturated rings. The largest absolute Gasteiger partial charge is 0.497 e. The van der Waals surface area contributed by atoms with Crippen LogP contribution in [-0.2, 0) is 6.54 Å². The number of halogens is 1. The highest BCUT2D eigenvalue weighted by Crippen LogP contribution is 2.28. The molecular weight excluding hydrogens is 425 g/mol. The fourth-order valence-electron chi connectivity index (χ4n) is 3.56. The van der Waals surface area contributed by atoms with Gasteiger partial charge in [-0.15, -0.1) is 0 Å². The number of fused-ring (bicyclic) bond motifs is 1. The van der Waals surface area contributed by atoms with Crippen LogP contribution in [0, 0.1) is 5.82 Å². The van der Waals surface area contributed by atoms with E-state index in [9.17, 15) is 9.50 Å². The predicted octanol–water partition coefficient (Wildman–Crippen LogP) is 4.54. The van der Waals surface area contributed by atoms with Crippen molar-refractivity contribution in [3.8, 4) is 11.5 Å². The molecule has 1 unspecified atom stereocenters. The van der Waals surface area contributed by atoms with Gasteiger partial charge in [0.25, 0.3) is 0 Å². The number of benzene rings is 1. The Balaban J connectivity index is 1.90. The monoisotopic (exact) mass is 457 g/mol. The van der Waals surface area contributed by atoms with Gasteiger partial charge in [-0.3, -0.25) is 0 Å². The SMILES string of the molecule is CCCCCC(C)(CO)Nc1nc(NCc2ccc(OC)cc2OC)nc2cc(F)cnc12. The molecule has 0 amide bonds. The molecule has 0 spiro atoms. The Morgan fingerprint density at radius 1 is 1.12 bits per heavy atom. The molecule has 8 nitrogen and oxygen atoms in total. The molecule has 0 saturated heterocycles. The summed E-state index contributed by atoms with van der Waals surface area (Å²) in [5.74, 6) is 1.62. The zero-order chi connectivity index (χ0) is 23.8. The van der Waals surface area contributed by atoms with Gasteiger partial charge in [-0.25, -0.2) is 14.4 Å². The first-order valence-electron chi connectivity index (χ1n) is 11.1. The lowest BCUT2D eigenvalue weighted by Crippen LogP contribution is -2.39. The van der Waals surface area contributed by atoms with Crippen LogP contribution in [0.3, 0.4) is 0 Å². The second-order valence-electron chi connectivity index (χ2n) is 8.25. The number of rotatable bonds is 12. The minimum absolute atomic E-state index is 0.0742. The summed E-state index contributed by atoms with van der Waals surface area (Å²) in [7, 11) is 3.19. The van der Waals surface area contributed by atoms with Gasteiger partial charge in [0.05, 0.1) is 38.1 Å². The first-order valence-corrected chi connectivity index (χ1v) is 11.1. The van der Waals surface area contributed by atoms with Gasteiger partial charge in [-0.1, -0.05) is 26.2 Å². The van der Waals surface area contributed by atoms with Crippen LogP contribution in [0.15, 0.2) is 30.5 Å². The van der Waals surface area contributed by atoms with Crippen molar-refractivity contribution in [2.45, 2.75) is 51.6 Å². The van der Waals surface area contributed by atoms with E-state index in [1.54, 1.807) is 20.3 Å². The summed E-state index contributed by atoms with van der Waals surface area (Å²) < 4.78 is 24.6. The molecule has 178 valence electrons. The molecule has 0 saturated carbocycles. The van der Waals surface area contributed by atoms with Crippen molar-refractivity contribution in [1.29, 1.82) is 0 Å². The van der Waals surface area contributed by atoms with Crippen molar-refractivity contribution >= 4 is 22.8 Å². The number of methoxy groups -OCH3 is 2. The van der Waals surface area contributed by atoms with Crippen LogP contribution in [0.5, 0.6) is 11.5 Å². The first-order chi connectivity index (χ1) is 15.9. The van der Waals surface area contributed by atoms with Crippen LogP contribution in [0.4, 0.5) is 16.2 Å². The average Bonchev–Trinajstić information content (AvgIpc) is 2.82. The molecule has 3 N–H and O–H groups in total. The van der Waals surface area contributed by atoms with Crippen LogP contribution < -0.4 is 20.1 Å². The van der Waals surface area contributed by atoms with Crippen molar-refractivity contribution in [2.75, 3.05) is 31.5 Å². The lowest BCUT2D eigenvalue weighted by Gasteiger charge is -2.30. The third kappa shape index (κ3) is 6.19. The Morgan fingerprint density at radius 3 is 2.64 bits per heavy atom. The van der Waals surface area contributed by atoms with E-state index >= 15 is 0 Å². The van der Waals surface area contributed by atoms with Gasteiger partial charge >= 0.3 is 0 Å².